The van der Waals surface area contributed by atoms with Gasteiger partial charge in [-0.3, -0.25) is 4.79 Å². The lowest BCUT2D eigenvalue weighted by Crippen LogP contribution is -2.37. The first kappa shape index (κ1) is 13.1. The fraction of sp³-hybridized carbons (Fsp3) is 0.357. The van der Waals surface area contributed by atoms with Crippen molar-refractivity contribution in [2.75, 3.05) is 6.54 Å². The van der Waals surface area contributed by atoms with Gasteiger partial charge in [0.05, 0.1) is 25.0 Å². The van der Waals surface area contributed by atoms with E-state index >= 15 is 0 Å². The molecule has 0 N–H and O–H groups in total. The van der Waals surface area contributed by atoms with Gasteiger partial charge in [-0.05, 0) is 30.4 Å². The van der Waals surface area contributed by atoms with Gasteiger partial charge in [0.25, 0.3) is 0 Å². The number of likely N-dealkylation sites (tertiary alicyclic amines) is 1. The monoisotopic (exact) mass is 288 g/mol. The smallest absolute Gasteiger partial charge is 0.246 e. The molecule has 5 nitrogen and oxygen atoms in total. The van der Waals surface area contributed by atoms with Crippen LogP contribution in [0.2, 0.25) is 0 Å². The van der Waals surface area contributed by atoms with Crippen LogP contribution in [0.25, 0.3) is 6.08 Å². The van der Waals surface area contributed by atoms with Crippen molar-refractivity contribution in [3.63, 3.8) is 0 Å². The first-order chi connectivity index (χ1) is 9.83. The molecular formula is C14H16N4OS. The number of thiophene rings is 1. The van der Waals surface area contributed by atoms with Gasteiger partial charge in [-0.1, -0.05) is 6.07 Å². The van der Waals surface area contributed by atoms with Crippen LogP contribution in [0.1, 0.15) is 17.7 Å². The summed E-state index contributed by atoms with van der Waals surface area (Å²) in [5, 5.41) is 10.2. The number of rotatable bonds is 4. The number of hydrogen-bond donors (Lipinski definition) is 0. The van der Waals surface area contributed by atoms with Crippen LogP contribution < -0.4 is 0 Å². The molecule has 0 bridgehead atoms. The summed E-state index contributed by atoms with van der Waals surface area (Å²) in [5.41, 5.74) is 0. The Kier molecular flexibility index (Phi) is 3.92. The van der Waals surface area contributed by atoms with Crippen molar-refractivity contribution in [2.45, 2.75) is 25.4 Å². The third-order valence-corrected chi connectivity index (χ3v) is 4.27. The first-order valence-corrected chi connectivity index (χ1v) is 7.57. The van der Waals surface area contributed by atoms with E-state index in [-0.39, 0.29) is 11.9 Å². The zero-order chi connectivity index (χ0) is 13.8. The highest BCUT2D eigenvalue weighted by molar-refractivity contribution is 7.10. The average Bonchev–Trinajstić information content (AvgIpc) is 3.19. The standard InChI is InChI=1S/C14H16N4OS/c19-14(6-5-13-4-2-10-20-13)17-9-1-3-12(17)11-18-15-7-8-16-18/h2,4-8,10,12H,1,3,9,11H2/b6-5+. The van der Waals surface area contributed by atoms with Crippen LogP contribution in [0.5, 0.6) is 0 Å². The molecule has 0 radical (unpaired) electrons. The van der Waals surface area contributed by atoms with Crippen LogP contribution in [0, 0.1) is 0 Å². The number of carbonyl (C=O) groups is 1. The Morgan fingerprint density at radius 2 is 2.30 bits per heavy atom. The van der Waals surface area contributed by atoms with Gasteiger partial charge in [0, 0.05) is 17.5 Å². The van der Waals surface area contributed by atoms with E-state index < -0.39 is 0 Å². The minimum atomic E-state index is 0.0769. The largest absolute Gasteiger partial charge is 0.334 e. The second-order valence-corrected chi connectivity index (χ2v) is 5.74. The van der Waals surface area contributed by atoms with E-state index in [1.165, 1.54) is 0 Å². The SMILES string of the molecule is O=C(/C=C/c1cccs1)N1CCCC1Cn1nccn1. The topological polar surface area (TPSA) is 51.0 Å². The lowest BCUT2D eigenvalue weighted by molar-refractivity contribution is -0.127. The van der Waals surface area contributed by atoms with Gasteiger partial charge in [0.1, 0.15) is 0 Å². The Morgan fingerprint density at radius 1 is 1.45 bits per heavy atom. The van der Waals surface area contributed by atoms with Crippen molar-refractivity contribution >= 4 is 23.3 Å². The molecule has 0 aliphatic carbocycles. The van der Waals surface area contributed by atoms with Crippen LogP contribution in [-0.4, -0.2) is 38.4 Å². The molecular weight excluding hydrogens is 272 g/mol. The maximum absolute atomic E-state index is 12.3. The number of aromatic nitrogens is 3. The van der Waals surface area contributed by atoms with Crippen LogP contribution in [0.15, 0.2) is 36.0 Å². The van der Waals surface area contributed by atoms with E-state index in [1.807, 2.05) is 28.5 Å². The van der Waals surface area contributed by atoms with Gasteiger partial charge in [-0.2, -0.15) is 15.0 Å². The number of hydrogen-bond acceptors (Lipinski definition) is 4. The third-order valence-electron chi connectivity index (χ3n) is 3.43. The Hall–Kier alpha value is -1.95. The van der Waals surface area contributed by atoms with Gasteiger partial charge in [0.15, 0.2) is 0 Å². The van der Waals surface area contributed by atoms with Crippen LogP contribution in [0.4, 0.5) is 0 Å². The van der Waals surface area contributed by atoms with E-state index in [2.05, 4.69) is 10.2 Å². The van der Waals surface area contributed by atoms with Crippen molar-refractivity contribution in [3.05, 3.63) is 40.9 Å². The second kappa shape index (κ2) is 6.00. The predicted octanol–water partition coefficient (Wildman–Crippen LogP) is 2.04. The van der Waals surface area contributed by atoms with E-state index in [1.54, 1.807) is 34.6 Å². The normalized spacial score (nSPS) is 19.0. The van der Waals surface area contributed by atoms with Gasteiger partial charge in [-0.15, -0.1) is 11.3 Å². The Balaban J connectivity index is 1.64. The summed E-state index contributed by atoms with van der Waals surface area (Å²) in [5.74, 6) is 0.0769. The molecule has 1 saturated heterocycles. The lowest BCUT2D eigenvalue weighted by atomic mass is 10.2. The summed E-state index contributed by atoms with van der Waals surface area (Å²) >= 11 is 1.63. The predicted molar refractivity (Wildman–Crippen MR) is 78.1 cm³/mol. The van der Waals surface area contributed by atoms with Crippen molar-refractivity contribution in [1.82, 2.24) is 19.9 Å². The van der Waals surface area contributed by atoms with Crippen molar-refractivity contribution in [1.29, 1.82) is 0 Å². The number of amides is 1. The molecule has 20 heavy (non-hydrogen) atoms. The Labute approximate surface area is 121 Å². The summed E-state index contributed by atoms with van der Waals surface area (Å²) in [4.78, 5) is 16.9. The number of carbonyl (C=O) groups excluding carboxylic acids is 1. The Bertz CT molecular complexity index is 576. The molecule has 0 aromatic carbocycles. The lowest BCUT2D eigenvalue weighted by Gasteiger charge is -2.22. The minimum Gasteiger partial charge on any atom is -0.334 e. The van der Waals surface area contributed by atoms with Gasteiger partial charge < -0.3 is 4.90 Å². The van der Waals surface area contributed by atoms with Crippen molar-refractivity contribution in [2.24, 2.45) is 0 Å². The molecule has 1 aliphatic rings. The van der Waals surface area contributed by atoms with Crippen molar-refractivity contribution < 1.29 is 4.79 Å². The average molecular weight is 288 g/mol. The van der Waals surface area contributed by atoms with E-state index in [0.717, 1.165) is 24.3 Å². The zero-order valence-corrected chi connectivity index (χ0v) is 11.9. The van der Waals surface area contributed by atoms with Crippen LogP contribution in [-0.2, 0) is 11.3 Å². The molecule has 3 heterocycles. The second-order valence-electron chi connectivity index (χ2n) is 4.76. The molecule has 1 amide bonds. The van der Waals surface area contributed by atoms with Gasteiger partial charge in [-0.25, -0.2) is 0 Å². The van der Waals surface area contributed by atoms with Crippen LogP contribution >= 0.6 is 11.3 Å². The number of nitrogens with zero attached hydrogens (tertiary/aromatic N) is 4. The third kappa shape index (κ3) is 2.96. The first-order valence-electron chi connectivity index (χ1n) is 6.69. The molecule has 0 spiro atoms. The molecule has 1 atom stereocenters. The van der Waals surface area contributed by atoms with Gasteiger partial charge in [0.2, 0.25) is 5.91 Å². The van der Waals surface area contributed by atoms with E-state index in [9.17, 15) is 4.79 Å². The maximum Gasteiger partial charge on any atom is 0.246 e. The molecule has 104 valence electrons. The summed E-state index contributed by atoms with van der Waals surface area (Å²) < 4.78 is 0. The summed E-state index contributed by atoms with van der Waals surface area (Å²) in [7, 11) is 0. The quantitative estimate of drug-likeness (QED) is 0.809. The zero-order valence-electron chi connectivity index (χ0n) is 11.1. The highest BCUT2D eigenvalue weighted by atomic mass is 32.1. The molecule has 1 aliphatic heterocycles. The maximum atomic E-state index is 12.3. The fourth-order valence-corrected chi connectivity index (χ4v) is 3.10. The molecule has 0 saturated carbocycles. The highest BCUT2D eigenvalue weighted by Gasteiger charge is 2.28. The molecule has 2 aromatic heterocycles. The Morgan fingerprint density at radius 3 is 3.05 bits per heavy atom. The molecule has 1 unspecified atom stereocenters. The highest BCUT2D eigenvalue weighted by Crippen LogP contribution is 2.19. The van der Waals surface area contributed by atoms with Crippen molar-refractivity contribution in [3.8, 4) is 0 Å². The van der Waals surface area contributed by atoms with Crippen LogP contribution in [0.3, 0.4) is 0 Å². The molecule has 6 heteroatoms. The molecule has 1 fully saturated rings. The fourth-order valence-electron chi connectivity index (χ4n) is 2.48. The summed E-state index contributed by atoms with van der Waals surface area (Å²) in [6.07, 6.45) is 8.94. The minimum absolute atomic E-state index is 0.0769. The van der Waals surface area contributed by atoms with E-state index in [4.69, 9.17) is 0 Å². The summed E-state index contributed by atoms with van der Waals surface area (Å²) in [6, 6.07) is 4.18. The molecule has 3 rings (SSSR count). The van der Waals surface area contributed by atoms with Gasteiger partial charge >= 0.3 is 0 Å². The molecule has 2 aromatic rings. The van der Waals surface area contributed by atoms with E-state index in [0.29, 0.717) is 6.54 Å². The summed E-state index contributed by atoms with van der Waals surface area (Å²) in [6.45, 7) is 1.49.